The van der Waals surface area contributed by atoms with Gasteiger partial charge < -0.3 is 9.47 Å². The van der Waals surface area contributed by atoms with Crippen molar-refractivity contribution in [2.24, 2.45) is 0 Å². The maximum Gasteiger partial charge on any atom is 0.161 e. The molecule has 1 heterocycles. The molecule has 0 spiro atoms. The number of halogens is 1. The Labute approximate surface area is 118 Å². The fraction of sp³-hybridized carbons (Fsp3) is 0.294. The molecule has 2 aromatic rings. The number of hydrogen-bond donors (Lipinski definition) is 0. The van der Waals surface area contributed by atoms with Crippen LogP contribution in [0.2, 0.25) is 0 Å². The molecule has 3 rings (SSSR count). The molecular formula is C17H17FO2. The highest BCUT2D eigenvalue weighted by Gasteiger charge is 2.15. The van der Waals surface area contributed by atoms with Crippen LogP contribution in [0.1, 0.15) is 25.3 Å². The Morgan fingerprint density at radius 2 is 1.70 bits per heavy atom. The molecule has 1 aliphatic heterocycles. The summed E-state index contributed by atoms with van der Waals surface area (Å²) in [6.07, 6.45) is 0. The fourth-order valence-electron chi connectivity index (χ4n) is 2.49. The molecule has 104 valence electrons. The van der Waals surface area contributed by atoms with Crippen LogP contribution < -0.4 is 9.47 Å². The van der Waals surface area contributed by atoms with E-state index in [0.29, 0.717) is 19.1 Å². The molecule has 2 nitrogen and oxygen atoms in total. The largest absolute Gasteiger partial charge is 0.486 e. The van der Waals surface area contributed by atoms with E-state index in [-0.39, 0.29) is 5.82 Å². The summed E-state index contributed by atoms with van der Waals surface area (Å²) < 4.78 is 24.7. The Morgan fingerprint density at radius 3 is 2.45 bits per heavy atom. The molecule has 0 N–H and O–H groups in total. The third-order valence-corrected chi connectivity index (χ3v) is 3.49. The summed E-state index contributed by atoms with van der Waals surface area (Å²) in [7, 11) is 0. The summed E-state index contributed by atoms with van der Waals surface area (Å²) in [5.74, 6) is 1.59. The quantitative estimate of drug-likeness (QED) is 0.807. The van der Waals surface area contributed by atoms with Gasteiger partial charge in [-0.2, -0.15) is 0 Å². The van der Waals surface area contributed by atoms with E-state index in [0.717, 1.165) is 28.2 Å². The minimum atomic E-state index is -0.223. The molecule has 0 amide bonds. The van der Waals surface area contributed by atoms with Crippen LogP contribution in [-0.2, 0) is 0 Å². The van der Waals surface area contributed by atoms with Gasteiger partial charge in [0.25, 0.3) is 0 Å². The third-order valence-electron chi connectivity index (χ3n) is 3.49. The number of benzene rings is 2. The molecule has 0 aromatic heterocycles. The first-order valence-electron chi connectivity index (χ1n) is 6.84. The summed E-state index contributed by atoms with van der Waals surface area (Å²) >= 11 is 0. The predicted octanol–water partition coefficient (Wildman–Crippen LogP) is 4.39. The molecule has 3 heteroatoms. The van der Waals surface area contributed by atoms with E-state index in [1.165, 1.54) is 6.07 Å². The van der Waals surface area contributed by atoms with Crippen LogP contribution in [0.15, 0.2) is 36.4 Å². The predicted molar refractivity (Wildman–Crippen MR) is 76.9 cm³/mol. The van der Waals surface area contributed by atoms with Crippen molar-refractivity contribution in [2.45, 2.75) is 19.8 Å². The van der Waals surface area contributed by atoms with Crippen molar-refractivity contribution >= 4 is 0 Å². The number of fused-ring (bicyclic) bond motifs is 1. The zero-order valence-corrected chi connectivity index (χ0v) is 11.7. The van der Waals surface area contributed by atoms with Crippen LogP contribution >= 0.6 is 0 Å². The van der Waals surface area contributed by atoms with Crippen molar-refractivity contribution in [3.63, 3.8) is 0 Å². The van der Waals surface area contributed by atoms with Gasteiger partial charge in [-0.3, -0.25) is 0 Å². The normalized spacial score (nSPS) is 13.6. The second kappa shape index (κ2) is 5.16. The second-order valence-electron chi connectivity index (χ2n) is 5.24. The van der Waals surface area contributed by atoms with Gasteiger partial charge in [-0.1, -0.05) is 26.0 Å². The summed E-state index contributed by atoms with van der Waals surface area (Å²) in [6.45, 7) is 5.34. The van der Waals surface area contributed by atoms with Gasteiger partial charge in [-0.15, -0.1) is 0 Å². The second-order valence-corrected chi connectivity index (χ2v) is 5.24. The van der Waals surface area contributed by atoms with Gasteiger partial charge in [-0.05, 0) is 46.9 Å². The molecule has 0 radical (unpaired) electrons. The molecular weight excluding hydrogens is 255 g/mol. The van der Waals surface area contributed by atoms with Crippen LogP contribution in [0.3, 0.4) is 0 Å². The first kappa shape index (κ1) is 13.0. The van der Waals surface area contributed by atoms with Gasteiger partial charge >= 0.3 is 0 Å². The maximum atomic E-state index is 13.6. The van der Waals surface area contributed by atoms with Crippen molar-refractivity contribution in [2.75, 3.05) is 13.2 Å². The molecule has 2 aromatic carbocycles. The Hall–Kier alpha value is -2.03. The van der Waals surface area contributed by atoms with E-state index in [9.17, 15) is 4.39 Å². The fourth-order valence-corrected chi connectivity index (χ4v) is 2.49. The van der Waals surface area contributed by atoms with Crippen LogP contribution in [0.25, 0.3) is 11.1 Å². The lowest BCUT2D eigenvalue weighted by molar-refractivity contribution is 0.171. The summed E-state index contributed by atoms with van der Waals surface area (Å²) in [4.78, 5) is 0. The van der Waals surface area contributed by atoms with Crippen molar-refractivity contribution < 1.29 is 13.9 Å². The van der Waals surface area contributed by atoms with Crippen molar-refractivity contribution in [3.05, 3.63) is 47.8 Å². The Balaban J connectivity index is 2.10. The summed E-state index contributed by atoms with van der Waals surface area (Å²) in [5, 5.41) is 0. The standard InChI is InChI=1S/C17H17FO2/c1-11(2)14-5-4-13(18)10-15(14)12-3-6-16-17(9-12)20-8-7-19-16/h3-6,9-11H,7-8H2,1-2H3. The van der Waals surface area contributed by atoms with E-state index >= 15 is 0 Å². The maximum absolute atomic E-state index is 13.6. The minimum Gasteiger partial charge on any atom is -0.486 e. The van der Waals surface area contributed by atoms with Crippen LogP contribution in [0, 0.1) is 5.82 Å². The lowest BCUT2D eigenvalue weighted by atomic mass is 9.92. The highest BCUT2D eigenvalue weighted by atomic mass is 19.1. The number of ether oxygens (including phenoxy) is 2. The zero-order valence-electron chi connectivity index (χ0n) is 11.7. The number of rotatable bonds is 2. The molecule has 0 aliphatic carbocycles. The van der Waals surface area contributed by atoms with E-state index < -0.39 is 0 Å². The lowest BCUT2D eigenvalue weighted by Gasteiger charge is -2.20. The summed E-state index contributed by atoms with van der Waals surface area (Å²) in [6, 6.07) is 10.7. The molecule has 0 fully saturated rings. The molecule has 0 bridgehead atoms. The lowest BCUT2D eigenvalue weighted by Crippen LogP contribution is -2.15. The van der Waals surface area contributed by atoms with E-state index in [1.807, 2.05) is 24.3 Å². The van der Waals surface area contributed by atoms with Gasteiger partial charge in [-0.25, -0.2) is 4.39 Å². The monoisotopic (exact) mass is 272 g/mol. The highest BCUT2D eigenvalue weighted by molar-refractivity contribution is 5.71. The molecule has 0 atom stereocenters. The van der Waals surface area contributed by atoms with Crippen LogP contribution in [0.5, 0.6) is 11.5 Å². The Bertz CT molecular complexity index is 635. The molecule has 1 aliphatic rings. The van der Waals surface area contributed by atoms with Gasteiger partial charge in [0.05, 0.1) is 0 Å². The first-order valence-corrected chi connectivity index (χ1v) is 6.84. The van der Waals surface area contributed by atoms with Gasteiger partial charge in [0, 0.05) is 0 Å². The van der Waals surface area contributed by atoms with Crippen molar-refractivity contribution in [3.8, 4) is 22.6 Å². The Kier molecular flexibility index (Phi) is 3.35. The van der Waals surface area contributed by atoms with Crippen LogP contribution in [0.4, 0.5) is 4.39 Å². The average Bonchev–Trinajstić information content (AvgIpc) is 2.46. The highest BCUT2D eigenvalue weighted by Crippen LogP contribution is 2.37. The topological polar surface area (TPSA) is 18.5 Å². The van der Waals surface area contributed by atoms with Crippen molar-refractivity contribution in [1.29, 1.82) is 0 Å². The average molecular weight is 272 g/mol. The molecule has 0 unspecified atom stereocenters. The smallest absolute Gasteiger partial charge is 0.161 e. The molecule has 0 saturated carbocycles. The van der Waals surface area contributed by atoms with Crippen molar-refractivity contribution in [1.82, 2.24) is 0 Å². The van der Waals surface area contributed by atoms with E-state index in [2.05, 4.69) is 13.8 Å². The zero-order chi connectivity index (χ0) is 14.1. The van der Waals surface area contributed by atoms with Gasteiger partial charge in [0.2, 0.25) is 0 Å². The number of hydrogen-bond acceptors (Lipinski definition) is 2. The third kappa shape index (κ3) is 2.36. The van der Waals surface area contributed by atoms with Gasteiger partial charge in [0.1, 0.15) is 19.0 Å². The van der Waals surface area contributed by atoms with Crippen LogP contribution in [-0.4, -0.2) is 13.2 Å². The molecule has 20 heavy (non-hydrogen) atoms. The SMILES string of the molecule is CC(C)c1ccc(F)cc1-c1ccc2c(c1)OCCO2. The van der Waals surface area contributed by atoms with Gasteiger partial charge in [0.15, 0.2) is 11.5 Å². The van der Waals surface area contributed by atoms with E-state index in [1.54, 1.807) is 6.07 Å². The minimum absolute atomic E-state index is 0.223. The van der Waals surface area contributed by atoms with E-state index in [4.69, 9.17) is 9.47 Å². The Morgan fingerprint density at radius 1 is 0.950 bits per heavy atom. The molecule has 0 saturated heterocycles. The first-order chi connectivity index (χ1) is 9.65. The summed E-state index contributed by atoms with van der Waals surface area (Å²) in [5.41, 5.74) is 3.00.